The zero-order valence-corrected chi connectivity index (χ0v) is 8.34. The van der Waals surface area contributed by atoms with E-state index in [0.29, 0.717) is 0 Å². The summed E-state index contributed by atoms with van der Waals surface area (Å²) in [7, 11) is 0. The second-order valence-electron chi connectivity index (χ2n) is 3.40. The lowest BCUT2D eigenvalue weighted by molar-refractivity contribution is 0.600. The van der Waals surface area contributed by atoms with Crippen molar-refractivity contribution in [1.82, 2.24) is 0 Å². The smallest absolute Gasteiger partial charge is 0.0520 e. The van der Waals surface area contributed by atoms with Gasteiger partial charge in [0, 0.05) is 0 Å². The molecule has 12 heavy (non-hydrogen) atoms. The van der Waals surface area contributed by atoms with E-state index in [2.05, 4.69) is 19.9 Å². The van der Waals surface area contributed by atoms with Gasteiger partial charge in [0.05, 0.1) is 6.17 Å². The van der Waals surface area contributed by atoms with Gasteiger partial charge >= 0.3 is 0 Å². The first-order valence-electron chi connectivity index (χ1n) is 4.83. The first-order chi connectivity index (χ1) is 5.66. The molecule has 0 aromatic rings. The molecule has 0 saturated heterocycles. The number of nitrogens with two attached hydrogens (primary N) is 2. The van der Waals surface area contributed by atoms with E-state index in [-0.39, 0.29) is 6.17 Å². The molecule has 0 unspecified atom stereocenters. The summed E-state index contributed by atoms with van der Waals surface area (Å²) in [5.41, 5.74) is 12.3. The van der Waals surface area contributed by atoms with Crippen LogP contribution in [0.4, 0.5) is 0 Å². The fraction of sp³-hybridized carbons (Fsp3) is 0.800. The third-order valence-electron chi connectivity index (χ3n) is 1.89. The van der Waals surface area contributed by atoms with Gasteiger partial charge in [0.25, 0.3) is 0 Å². The Balaban J connectivity index is 3.36. The van der Waals surface area contributed by atoms with Crippen LogP contribution in [-0.2, 0) is 0 Å². The van der Waals surface area contributed by atoms with Crippen molar-refractivity contribution in [2.24, 2.45) is 11.5 Å². The van der Waals surface area contributed by atoms with Crippen molar-refractivity contribution in [3.05, 3.63) is 11.6 Å². The van der Waals surface area contributed by atoms with Crippen LogP contribution in [0.3, 0.4) is 0 Å². The Labute approximate surface area is 76.0 Å². The van der Waals surface area contributed by atoms with Crippen molar-refractivity contribution < 1.29 is 0 Å². The van der Waals surface area contributed by atoms with Gasteiger partial charge < -0.3 is 11.5 Å². The standard InChI is InChI=1S/C10H22N2/c1-3-4-6-9(2)7-5-8-10(11)12/h6,10H,3-5,7-8,11-12H2,1-2H3. The number of hydrogen-bond acceptors (Lipinski definition) is 2. The molecule has 0 spiro atoms. The first kappa shape index (κ1) is 11.7. The molecule has 4 N–H and O–H groups in total. The molecular formula is C10H22N2. The third-order valence-corrected chi connectivity index (χ3v) is 1.89. The molecule has 0 fully saturated rings. The number of allylic oxidation sites excluding steroid dienone is 2. The van der Waals surface area contributed by atoms with Gasteiger partial charge in [0.15, 0.2) is 0 Å². The molecule has 0 aromatic heterocycles. The largest absolute Gasteiger partial charge is 0.316 e. The predicted molar refractivity (Wildman–Crippen MR) is 54.7 cm³/mol. The summed E-state index contributed by atoms with van der Waals surface area (Å²) in [5, 5.41) is 0. The molecule has 0 saturated carbocycles. The van der Waals surface area contributed by atoms with Crippen molar-refractivity contribution in [2.75, 3.05) is 0 Å². The van der Waals surface area contributed by atoms with Gasteiger partial charge in [-0.05, 0) is 32.6 Å². The Morgan fingerprint density at radius 1 is 1.42 bits per heavy atom. The maximum absolute atomic E-state index is 5.44. The van der Waals surface area contributed by atoms with E-state index in [1.54, 1.807) is 0 Å². The second-order valence-corrected chi connectivity index (χ2v) is 3.40. The topological polar surface area (TPSA) is 52.0 Å². The highest BCUT2D eigenvalue weighted by atomic mass is 14.8. The van der Waals surface area contributed by atoms with Crippen molar-refractivity contribution in [3.63, 3.8) is 0 Å². The predicted octanol–water partition coefficient (Wildman–Crippen LogP) is 2.15. The Hall–Kier alpha value is -0.340. The molecule has 0 amide bonds. The summed E-state index contributed by atoms with van der Waals surface area (Å²) in [6, 6.07) is 0. The summed E-state index contributed by atoms with van der Waals surface area (Å²) in [4.78, 5) is 0. The molecule has 0 heterocycles. The molecule has 2 nitrogen and oxygen atoms in total. The van der Waals surface area contributed by atoms with Crippen LogP contribution in [0.2, 0.25) is 0 Å². The van der Waals surface area contributed by atoms with Crippen molar-refractivity contribution in [3.8, 4) is 0 Å². The van der Waals surface area contributed by atoms with Crippen LogP contribution in [0.5, 0.6) is 0 Å². The average molecular weight is 170 g/mol. The van der Waals surface area contributed by atoms with Crippen LogP contribution in [0.1, 0.15) is 46.0 Å². The highest BCUT2D eigenvalue weighted by Gasteiger charge is 1.94. The minimum atomic E-state index is -0.135. The zero-order valence-electron chi connectivity index (χ0n) is 8.34. The Morgan fingerprint density at radius 3 is 2.58 bits per heavy atom. The molecule has 0 aliphatic heterocycles. The molecular weight excluding hydrogens is 148 g/mol. The Morgan fingerprint density at radius 2 is 2.08 bits per heavy atom. The summed E-state index contributed by atoms with van der Waals surface area (Å²) >= 11 is 0. The molecule has 0 atom stereocenters. The fourth-order valence-electron chi connectivity index (χ4n) is 1.11. The molecule has 0 aliphatic rings. The monoisotopic (exact) mass is 170 g/mol. The van der Waals surface area contributed by atoms with E-state index >= 15 is 0 Å². The van der Waals surface area contributed by atoms with Gasteiger partial charge in [-0.3, -0.25) is 0 Å². The summed E-state index contributed by atoms with van der Waals surface area (Å²) < 4.78 is 0. The van der Waals surface area contributed by atoms with E-state index in [1.165, 1.54) is 18.4 Å². The molecule has 0 aliphatic carbocycles. The van der Waals surface area contributed by atoms with Gasteiger partial charge in [-0.1, -0.05) is 25.0 Å². The van der Waals surface area contributed by atoms with Crippen molar-refractivity contribution in [2.45, 2.75) is 52.1 Å². The van der Waals surface area contributed by atoms with E-state index in [0.717, 1.165) is 19.3 Å². The maximum atomic E-state index is 5.44. The molecule has 72 valence electrons. The summed E-state index contributed by atoms with van der Waals surface area (Å²) in [5.74, 6) is 0. The van der Waals surface area contributed by atoms with Crippen LogP contribution in [0.15, 0.2) is 11.6 Å². The Bertz CT molecular complexity index is 128. The van der Waals surface area contributed by atoms with Crippen molar-refractivity contribution in [1.29, 1.82) is 0 Å². The number of rotatable bonds is 6. The third kappa shape index (κ3) is 7.76. The van der Waals surface area contributed by atoms with Crippen LogP contribution in [0, 0.1) is 0 Å². The van der Waals surface area contributed by atoms with E-state index < -0.39 is 0 Å². The highest BCUT2D eigenvalue weighted by Crippen LogP contribution is 2.08. The molecule has 0 bridgehead atoms. The normalized spacial score (nSPS) is 12.6. The molecule has 0 aromatic carbocycles. The zero-order chi connectivity index (χ0) is 9.40. The van der Waals surface area contributed by atoms with Crippen LogP contribution < -0.4 is 11.5 Å². The fourth-order valence-corrected chi connectivity index (χ4v) is 1.11. The van der Waals surface area contributed by atoms with Crippen LogP contribution in [-0.4, -0.2) is 6.17 Å². The molecule has 0 radical (unpaired) electrons. The minimum absolute atomic E-state index is 0.135. The van der Waals surface area contributed by atoms with E-state index in [9.17, 15) is 0 Å². The van der Waals surface area contributed by atoms with Gasteiger partial charge in [-0.15, -0.1) is 0 Å². The number of unbranched alkanes of at least 4 members (excludes halogenated alkanes) is 1. The lowest BCUT2D eigenvalue weighted by Crippen LogP contribution is -2.29. The summed E-state index contributed by atoms with van der Waals surface area (Å²) in [6.07, 6.45) is 7.78. The molecule has 2 heteroatoms. The van der Waals surface area contributed by atoms with Gasteiger partial charge in [0.1, 0.15) is 0 Å². The number of hydrogen-bond donors (Lipinski definition) is 2. The van der Waals surface area contributed by atoms with E-state index in [4.69, 9.17) is 11.5 Å². The summed E-state index contributed by atoms with van der Waals surface area (Å²) in [6.45, 7) is 4.37. The van der Waals surface area contributed by atoms with Crippen LogP contribution >= 0.6 is 0 Å². The van der Waals surface area contributed by atoms with Crippen molar-refractivity contribution >= 4 is 0 Å². The molecule has 0 rings (SSSR count). The van der Waals surface area contributed by atoms with Crippen LogP contribution in [0.25, 0.3) is 0 Å². The lowest BCUT2D eigenvalue weighted by Gasteiger charge is -2.04. The average Bonchev–Trinajstić information content (AvgIpc) is 2.00. The lowest BCUT2D eigenvalue weighted by atomic mass is 10.1. The second kappa shape index (κ2) is 7.32. The van der Waals surface area contributed by atoms with Gasteiger partial charge in [0.2, 0.25) is 0 Å². The van der Waals surface area contributed by atoms with E-state index in [1.807, 2.05) is 0 Å². The Kier molecular flexibility index (Phi) is 7.11. The maximum Gasteiger partial charge on any atom is 0.0520 e. The van der Waals surface area contributed by atoms with Gasteiger partial charge in [-0.2, -0.15) is 0 Å². The minimum Gasteiger partial charge on any atom is -0.316 e. The first-order valence-corrected chi connectivity index (χ1v) is 4.83. The van der Waals surface area contributed by atoms with Gasteiger partial charge in [-0.25, -0.2) is 0 Å². The SMILES string of the molecule is CCCC=C(C)CCCC(N)N. The highest BCUT2D eigenvalue weighted by molar-refractivity contribution is 4.97. The quantitative estimate of drug-likeness (QED) is 0.474.